The van der Waals surface area contributed by atoms with Crippen molar-refractivity contribution in [2.75, 3.05) is 0 Å². The summed E-state index contributed by atoms with van der Waals surface area (Å²) in [5.41, 5.74) is 5.92. The van der Waals surface area contributed by atoms with Gasteiger partial charge in [0.25, 0.3) is 0 Å². The molecule has 0 unspecified atom stereocenters. The second-order valence-electron chi connectivity index (χ2n) is 15.4. The van der Waals surface area contributed by atoms with Crippen LogP contribution in [0.25, 0.3) is 0 Å². The molecule has 0 aromatic carbocycles. The third kappa shape index (κ3) is 4.60. The zero-order valence-electron chi connectivity index (χ0n) is 23.2. The molecule has 0 aliphatic rings. The minimum absolute atomic E-state index is 0.377. The molecule has 0 aliphatic heterocycles. The lowest BCUT2D eigenvalue weighted by atomic mass is 10.2. The highest BCUT2D eigenvalue weighted by molar-refractivity contribution is 7.47. The zero-order valence-corrected chi connectivity index (χ0v) is 27.2. The first-order valence-corrected chi connectivity index (χ1v) is 24.6. The van der Waals surface area contributed by atoms with Crippen molar-refractivity contribution >= 4 is 30.4 Å². The molecule has 0 aromatic heterocycles. The molecule has 0 bridgehead atoms. The first-order valence-electron chi connectivity index (χ1n) is 11.4. The van der Waals surface area contributed by atoms with Gasteiger partial charge in [0.1, 0.15) is 0 Å². The van der Waals surface area contributed by atoms with Gasteiger partial charge in [-0.2, -0.15) is 0 Å². The van der Waals surface area contributed by atoms with Gasteiger partial charge >= 0.3 is 0 Å². The van der Waals surface area contributed by atoms with E-state index < -0.39 is 30.4 Å². The van der Waals surface area contributed by atoms with Crippen LogP contribution in [0.2, 0.25) is 59.4 Å². The molecule has 0 N–H and O–H groups in total. The molecule has 28 heavy (non-hydrogen) atoms. The van der Waals surface area contributed by atoms with E-state index in [9.17, 15) is 0 Å². The summed E-state index contributed by atoms with van der Waals surface area (Å²) >= 11 is 0. The van der Waals surface area contributed by atoms with E-state index in [2.05, 4.69) is 134 Å². The van der Waals surface area contributed by atoms with Crippen LogP contribution in [0.15, 0.2) is 11.4 Å². The Hall–Kier alpha value is 0.608. The lowest BCUT2D eigenvalue weighted by Crippen LogP contribution is -2.70. The van der Waals surface area contributed by atoms with Crippen LogP contribution in [-0.2, 0) is 0 Å². The quantitative estimate of drug-likeness (QED) is 0.369. The van der Waals surface area contributed by atoms with Crippen LogP contribution in [-0.4, -0.2) is 30.4 Å². The molecule has 0 fully saturated rings. The fourth-order valence-corrected chi connectivity index (χ4v) is 58.5. The van der Waals surface area contributed by atoms with Crippen molar-refractivity contribution in [1.82, 2.24) is 0 Å². The Bertz CT molecular complexity index is 435. The van der Waals surface area contributed by atoms with Gasteiger partial charge in [0, 0.05) is 15.2 Å². The molecule has 0 nitrogen and oxygen atoms in total. The van der Waals surface area contributed by atoms with Crippen molar-refractivity contribution in [1.29, 1.82) is 0 Å². The Balaban J connectivity index is 7.39. The average Bonchev–Trinajstić information content (AvgIpc) is 2.23. The molecule has 0 spiro atoms. The van der Waals surface area contributed by atoms with Crippen LogP contribution in [0.3, 0.4) is 0 Å². The van der Waals surface area contributed by atoms with Gasteiger partial charge in [0.05, 0.1) is 15.2 Å². The third-order valence-corrected chi connectivity index (χ3v) is 47.7. The van der Waals surface area contributed by atoms with Crippen molar-refractivity contribution in [3.63, 3.8) is 0 Å². The largest absolute Gasteiger partial charge is 0.103 e. The molecule has 0 heterocycles. The molecule has 0 saturated carbocycles. The van der Waals surface area contributed by atoms with E-state index in [-0.39, 0.29) is 0 Å². The van der Waals surface area contributed by atoms with Crippen LogP contribution < -0.4 is 0 Å². The summed E-state index contributed by atoms with van der Waals surface area (Å²) in [7, 11) is -6.25. The van der Waals surface area contributed by atoms with Gasteiger partial charge in [-0.05, 0) is 20.2 Å². The van der Waals surface area contributed by atoms with Crippen LogP contribution >= 0.6 is 0 Å². The van der Waals surface area contributed by atoms with Gasteiger partial charge in [-0.3, -0.25) is 0 Å². The highest BCUT2D eigenvalue weighted by Crippen LogP contribution is 2.59. The average molecular weight is 457 g/mol. The predicted molar refractivity (Wildman–Crippen MR) is 146 cm³/mol. The monoisotopic (exact) mass is 456 g/mol. The first kappa shape index (κ1) is 28.6. The molecule has 0 radical (unpaired) electrons. The zero-order chi connectivity index (χ0) is 23.4. The van der Waals surface area contributed by atoms with Gasteiger partial charge in [-0.1, -0.05) is 122 Å². The summed E-state index contributed by atoms with van der Waals surface area (Å²) in [5, 5.41) is 1.51. The maximum Gasteiger partial charge on any atom is 0.0799 e. The minimum Gasteiger partial charge on any atom is -0.103 e. The van der Waals surface area contributed by atoms with Crippen molar-refractivity contribution in [3.05, 3.63) is 11.4 Å². The lowest BCUT2D eigenvalue weighted by molar-refractivity contribution is 0.634. The van der Waals surface area contributed by atoms with Crippen molar-refractivity contribution in [2.24, 2.45) is 0 Å². The van der Waals surface area contributed by atoms with Gasteiger partial charge in [-0.25, -0.2) is 0 Å². The standard InChI is InChI=1S/C24H56Si4/c1-21(2,3)27(22(4,5)6,25(13,14)15)19-20-28(23(7,8)9,24(10,11)12)26(16,17)18/h19-20H,1-18H3/b20-19+. The van der Waals surface area contributed by atoms with Crippen molar-refractivity contribution in [2.45, 2.75) is 143 Å². The minimum atomic E-state index is -1.73. The van der Waals surface area contributed by atoms with Gasteiger partial charge < -0.3 is 0 Å². The van der Waals surface area contributed by atoms with E-state index in [0.717, 1.165) is 0 Å². The summed E-state index contributed by atoms with van der Waals surface area (Å²) in [4.78, 5) is 0. The Morgan fingerprint density at radius 1 is 0.357 bits per heavy atom. The van der Waals surface area contributed by atoms with E-state index in [0.29, 0.717) is 20.2 Å². The van der Waals surface area contributed by atoms with Crippen molar-refractivity contribution in [3.8, 4) is 0 Å². The van der Waals surface area contributed by atoms with Crippen LogP contribution in [0.1, 0.15) is 83.1 Å². The summed E-state index contributed by atoms with van der Waals surface area (Å²) in [5.74, 6) is 0. The normalized spacial score (nSPS) is 16.8. The van der Waals surface area contributed by atoms with Gasteiger partial charge in [-0.15, -0.1) is 11.4 Å². The van der Waals surface area contributed by atoms with Crippen molar-refractivity contribution < 1.29 is 0 Å². The summed E-state index contributed by atoms with van der Waals surface area (Å²) in [6.45, 7) is 46.6. The molecule has 0 aromatic rings. The fraction of sp³-hybridized carbons (Fsp3) is 0.917. The van der Waals surface area contributed by atoms with Gasteiger partial charge in [0.2, 0.25) is 0 Å². The van der Waals surface area contributed by atoms with Crippen LogP contribution in [0.5, 0.6) is 0 Å². The summed E-state index contributed by atoms with van der Waals surface area (Å²) < 4.78 is 0. The molecule has 4 heteroatoms. The van der Waals surface area contributed by atoms with E-state index in [4.69, 9.17) is 0 Å². The molecule has 0 atom stereocenters. The Morgan fingerprint density at radius 2 is 0.500 bits per heavy atom. The number of hydrogen-bond acceptors (Lipinski definition) is 0. The maximum absolute atomic E-state index is 2.96. The maximum atomic E-state index is 2.96. The highest BCUT2D eigenvalue weighted by atomic mass is 29.3. The topological polar surface area (TPSA) is 0 Å². The molecule has 0 aliphatic carbocycles. The molecule has 168 valence electrons. The van der Waals surface area contributed by atoms with Gasteiger partial charge in [0.15, 0.2) is 0 Å². The smallest absolute Gasteiger partial charge is 0.0799 e. The van der Waals surface area contributed by atoms with E-state index >= 15 is 0 Å². The van der Waals surface area contributed by atoms with E-state index in [1.54, 1.807) is 0 Å². The molecule has 0 amide bonds. The lowest BCUT2D eigenvalue weighted by Gasteiger charge is -2.60. The predicted octanol–water partition coefficient (Wildman–Crippen LogP) is 9.55. The third-order valence-electron chi connectivity index (χ3n) is 7.68. The second kappa shape index (κ2) is 7.63. The Labute approximate surface area is 184 Å². The second-order valence-corrected chi connectivity index (χ2v) is 48.1. The molecule has 0 rings (SSSR count). The summed E-state index contributed by atoms with van der Waals surface area (Å²) in [6.07, 6.45) is 0. The Kier molecular flexibility index (Phi) is 7.80. The Morgan fingerprint density at radius 3 is 0.571 bits per heavy atom. The first-order chi connectivity index (χ1) is 11.7. The molecule has 0 saturated heterocycles. The van der Waals surface area contributed by atoms with E-state index in [1.807, 2.05) is 0 Å². The number of hydrogen-bond donors (Lipinski definition) is 0. The molecular weight excluding hydrogens is 401 g/mol. The van der Waals surface area contributed by atoms with Crippen LogP contribution in [0, 0.1) is 0 Å². The number of rotatable bonds is 4. The van der Waals surface area contributed by atoms with Crippen LogP contribution in [0.4, 0.5) is 0 Å². The van der Waals surface area contributed by atoms with E-state index in [1.165, 1.54) is 0 Å². The fourth-order valence-electron chi connectivity index (χ4n) is 8.50. The SMILES string of the molecule is CC(C)(C)[Si](/C=C/[Si](C(C)(C)C)(C(C)(C)C)[Si](C)(C)C)(C(C)(C)C)[Si](C)(C)C. The highest BCUT2D eigenvalue weighted by Gasteiger charge is 2.62. The summed E-state index contributed by atoms with van der Waals surface area (Å²) in [6, 6.07) is 0. The molecular formula is C24H56Si4.